The van der Waals surface area contributed by atoms with Gasteiger partial charge in [-0.25, -0.2) is 4.98 Å². The summed E-state index contributed by atoms with van der Waals surface area (Å²) in [7, 11) is 0. The zero-order valence-electron chi connectivity index (χ0n) is 19.6. The third-order valence-electron chi connectivity index (χ3n) is 5.66. The summed E-state index contributed by atoms with van der Waals surface area (Å²) in [5.74, 6) is 1.44. The van der Waals surface area contributed by atoms with E-state index in [1.807, 2.05) is 23.1 Å². The van der Waals surface area contributed by atoms with Crippen molar-refractivity contribution in [2.45, 2.75) is 72.9 Å². The standard InChI is InChI=1S/C27H37N3O/c1-5-7-8-11-22-14-16-23(17-15-22)27(31)29(19-21(3)4)20-26-28-24-12-9-10-13-25(24)30(26)18-6-2/h9-10,12-17,21H,5-8,11,18-20H2,1-4H3. The molecule has 0 aliphatic heterocycles. The summed E-state index contributed by atoms with van der Waals surface area (Å²) in [6, 6.07) is 16.5. The van der Waals surface area contributed by atoms with Crippen LogP contribution in [0.2, 0.25) is 0 Å². The van der Waals surface area contributed by atoms with Crippen LogP contribution >= 0.6 is 0 Å². The molecule has 0 fully saturated rings. The molecule has 0 saturated carbocycles. The van der Waals surface area contributed by atoms with Crippen molar-refractivity contribution >= 4 is 16.9 Å². The number of para-hydroxylation sites is 2. The first-order valence-corrected chi connectivity index (χ1v) is 11.9. The van der Waals surface area contributed by atoms with E-state index in [4.69, 9.17) is 4.98 Å². The number of nitrogens with zero attached hydrogens (tertiary/aromatic N) is 3. The van der Waals surface area contributed by atoms with Gasteiger partial charge in [-0.2, -0.15) is 0 Å². The lowest BCUT2D eigenvalue weighted by molar-refractivity contribution is 0.0716. The van der Waals surface area contributed by atoms with Gasteiger partial charge in [-0.1, -0.05) is 64.8 Å². The normalized spacial score (nSPS) is 11.4. The topological polar surface area (TPSA) is 38.1 Å². The SMILES string of the molecule is CCCCCc1ccc(C(=O)N(Cc2nc3ccccc3n2CCC)CC(C)C)cc1. The number of fused-ring (bicyclic) bond motifs is 1. The zero-order chi connectivity index (χ0) is 22.2. The summed E-state index contributed by atoms with van der Waals surface area (Å²) in [4.78, 5) is 20.3. The Bertz CT molecular complexity index is 972. The highest BCUT2D eigenvalue weighted by atomic mass is 16.2. The molecule has 1 aromatic heterocycles. The Hall–Kier alpha value is -2.62. The fraction of sp³-hybridized carbons (Fsp3) is 0.481. The van der Waals surface area contributed by atoms with Crippen molar-refractivity contribution < 1.29 is 4.79 Å². The zero-order valence-corrected chi connectivity index (χ0v) is 19.6. The number of unbranched alkanes of at least 4 members (excludes halogenated alkanes) is 2. The van der Waals surface area contributed by atoms with Crippen LogP contribution in [0.15, 0.2) is 48.5 Å². The average molecular weight is 420 g/mol. The van der Waals surface area contributed by atoms with E-state index in [2.05, 4.69) is 62.6 Å². The predicted octanol–water partition coefficient (Wildman–Crippen LogP) is 6.48. The highest BCUT2D eigenvalue weighted by molar-refractivity contribution is 5.94. The molecule has 2 aromatic carbocycles. The Morgan fingerprint density at radius 2 is 1.74 bits per heavy atom. The number of imidazole rings is 1. The number of aromatic nitrogens is 2. The summed E-state index contributed by atoms with van der Waals surface area (Å²) >= 11 is 0. The van der Waals surface area contributed by atoms with Gasteiger partial charge in [0.2, 0.25) is 0 Å². The number of benzene rings is 2. The van der Waals surface area contributed by atoms with Gasteiger partial charge in [0.15, 0.2) is 0 Å². The van der Waals surface area contributed by atoms with E-state index < -0.39 is 0 Å². The van der Waals surface area contributed by atoms with Gasteiger partial charge in [-0.15, -0.1) is 0 Å². The lowest BCUT2D eigenvalue weighted by Gasteiger charge is -2.25. The van der Waals surface area contributed by atoms with Gasteiger partial charge < -0.3 is 9.47 Å². The fourth-order valence-electron chi connectivity index (χ4n) is 4.13. The second-order valence-electron chi connectivity index (χ2n) is 8.90. The van der Waals surface area contributed by atoms with Gasteiger partial charge in [-0.3, -0.25) is 4.79 Å². The quantitative estimate of drug-likeness (QED) is 0.334. The van der Waals surface area contributed by atoms with Crippen LogP contribution in [0.1, 0.15) is 75.1 Å². The monoisotopic (exact) mass is 419 g/mol. The Balaban J connectivity index is 1.83. The van der Waals surface area contributed by atoms with Crippen molar-refractivity contribution in [2.24, 2.45) is 5.92 Å². The van der Waals surface area contributed by atoms with Crippen LogP contribution in [-0.2, 0) is 19.5 Å². The first-order valence-electron chi connectivity index (χ1n) is 11.9. The van der Waals surface area contributed by atoms with Crippen LogP contribution < -0.4 is 0 Å². The molecule has 0 N–H and O–H groups in total. The molecule has 31 heavy (non-hydrogen) atoms. The van der Waals surface area contributed by atoms with E-state index in [0.29, 0.717) is 19.0 Å². The average Bonchev–Trinajstić information content (AvgIpc) is 3.10. The number of hydrogen-bond donors (Lipinski definition) is 0. The van der Waals surface area contributed by atoms with Crippen molar-refractivity contribution in [1.29, 1.82) is 0 Å². The maximum atomic E-state index is 13.4. The highest BCUT2D eigenvalue weighted by Crippen LogP contribution is 2.20. The lowest BCUT2D eigenvalue weighted by Crippen LogP contribution is -2.34. The summed E-state index contributed by atoms with van der Waals surface area (Å²) in [5.41, 5.74) is 4.22. The molecule has 1 amide bonds. The summed E-state index contributed by atoms with van der Waals surface area (Å²) < 4.78 is 2.27. The van der Waals surface area contributed by atoms with Crippen LogP contribution in [0.5, 0.6) is 0 Å². The number of amides is 1. The first-order chi connectivity index (χ1) is 15.0. The van der Waals surface area contributed by atoms with Crippen LogP contribution in [0.25, 0.3) is 11.0 Å². The van der Waals surface area contributed by atoms with Crippen LogP contribution in [0.3, 0.4) is 0 Å². The molecule has 0 bridgehead atoms. The molecule has 0 unspecified atom stereocenters. The van der Waals surface area contributed by atoms with Crippen LogP contribution in [0.4, 0.5) is 0 Å². The van der Waals surface area contributed by atoms with E-state index in [1.165, 1.54) is 24.8 Å². The van der Waals surface area contributed by atoms with Crippen molar-refractivity contribution in [3.8, 4) is 0 Å². The van der Waals surface area contributed by atoms with E-state index in [-0.39, 0.29) is 5.91 Å². The van der Waals surface area contributed by atoms with Crippen molar-refractivity contribution in [3.05, 3.63) is 65.5 Å². The molecule has 3 aromatic rings. The number of carbonyl (C=O) groups is 1. The van der Waals surface area contributed by atoms with Gasteiger partial charge in [-0.05, 0) is 55.0 Å². The molecule has 0 aliphatic rings. The van der Waals surface area contributed by atoms with E-state index >= 15 is 0 Å². The van der Waals surface area contributed by atoms with Crippen molar-refractivity contribution in [2.75, 3.05) is 6.54 Å². The van der Waals surface area contributed by atoms with Gasteiger partial charge in [0.1, 0.15) is 5.82 Å². The third-order valence-corrected chi connectivity index (χ3v) is 5.66. The molecular weight excluding hydrogens is 382 g/mol. The Morgan fingerprint density at radius 3 is 2.42 bits per heavy atom. The van der Waals surface area contributed by atoms with Crippen LogP contribution in [-0.4, -0.2) is 26.9 Å². The van der Waals surface area contributed by atoms with Gasteiger partial charge in [0, 0.05) is 18.7 Å². The summed E-state index contributed by atoms with van der Waals surface area (Å²) in [5, 5.41) is 0. The minimum absolute atomic E-state index is 0.0870. The second kappa shape index (κ2) is 11.1. The largest absolute Gasteiger partial charge is 0.331 e. The van der Waals surface area contributed by atoms with Crippen molar-refractivity contribution in [1.82, 2.24) is 14.5 Å². The fourth-order valence-corrected chi connectivity index (χ4v) is 4.13. The summed E-state index contributed by atoms with van der Waals surface area (Å²) in [6.45, 7) is 10.9. The molecule has 0 saturated heterocycles. The van der Waals surface area contributed by atoms with Crippen LogP contribution in [0, 0.1) is 5.92 Å². The minimum Gasteiger partial charge on any atom is -0.331 e. The van der Waals surface area contributed by atoms with Gasteiger partial charge in [0.25, 0.3) is 5.91 Å². The molecule has 0 radical (unpaired) electrons. The highest BCUT2D eigenvalue weighted by Gasteiger charge is 2.21. The molecular formula is C27H37N3O. The smallest absolute Gasteiger partial charge is 0.254 e. The third kappa shape index (κ3) is 5.96. The number of carbonyl (C=O) groups excluding carboxylic acids is 1. The second-order valence-corrected chi connectivity index (χ2v) is 8.90. The maximum absolute atomic E-state index is 13.4. The number of rotatable bonds is 11. The molecule has 166 valence electrons. The van der Waals surface area contributed by atoms with E-state index in [9.17, 15) is 4.79 Å². The van der Waals surface area contributed by atoms with E-state index in [1.54, 1.807) is 0 Å². The lowest BCUT2D eigenvalue weighted by atomic mass is 10.0. The van der Waals surface area contributed by atoms with E-state index in [0.717, 1.165) is 41.8 Å². The molecule has 4 nitrogen and oxygen atoms in total. The number of hydrogen-bond acceptors (Lipinski definition) is 2. The molecule has 4 heteroatoms. The molecule has 1 heterocycles. The minimum atomic E-state index is 0.0870. The predicted molar refractivity (Wildman–Crippen MR) is 129 cm³/mol. The Kier molecular flexibility index (Phi) is 8.27. The Morgan fingerprint density at radius 1 is 1.00 bits per heavy atom. The van der Waals surface area contributed by atoms with Gasteiger partial charge >= 0.3 is 0 Å². The number of aryl methyl sites for hydroxylation is 2. The maximum Gasteiger partial charge on any atom is 0.254 e. The molecule has 0 aliphatic carbocycles. The molecule has 0 spiro atoms. The Labute approximate surface area is 187 Å². The first kappa shape index (κ1) is 23.1. The van der Waals surface area contributed by atoms with Gasteiger partial charge in [0.05, 0.1) is 17.6 Å². The molecule has 3 rings (SSSR count). The summed E-state index contributed by atoms with van der Waals surface area (Å²) in [6.07, 6.45) is 5.80. The molecule has 0 atom stereocenters. The van der Waals surface area contributed by atoms with Crippen molar-refractivity contribution in [3.63, 3.8) is 0 Å².